The number of carbonyl (C=O) groups is 1. The zero-order chi connectivity index (χ0) is 13.7. The molecule has 0 heterocycles. The minimum absolute atomic E-state index is 0.0676. The van der Waals surface area contributed by atoms with Crippen molar-refractivity contribution in [1.29, 1.82) is 0 Å². The van der Waals surface area contributed by atoms with E-state index in [1.165, 1.54) is 11.9 Å². The van der Waals surface area contributed by atoms with Crippen LogP contribution in [0.5, 0.6) is 0 Å². The summed E-state index contributed by atoms with van der Waals surface area (Å²) < 4.78 is 27.4. The number of aliphatic carboxylic acids is 1. The maximum absolute atomic E-state index is 13.7. The van der Waals surface area contributed by atoms with Gasteiger partial charge in [-0.25, -0.2) is 13.6 Å². The summed E-state index contributed by atoms with van der Waals surface area (Å²) in [6.07, 6.45) is 6.98. The zero-order valence-corrected chi connectivity index (χ0v) is 9.65. The van der Waals surface area contributed by atoms with Crippen molar-refractivity contribution in [2.24, 2.45) is 0 Å². The van der Waals surface area contributed by atoms with Crippen LogP contribution in [0.25, 0.3) is 6.08 Å². The highest BCUT2D eigenvalue weighted by molar-refractivity contribution is 5.85. The van der Waals surface area contributed by atoms with Crippen molar-refractivity contribution in [1.82, 2.24) is 0 Å². The van der Waals surface area contributed by atoms with E-state index in [9.17, 15) is 13.6 Å². The molecule has 0 amide bonds. The quantitative estimate of drug-likeness (QED) is 0.658. The van der Waals surface area contributed by atoms with Crippen LogP contribution in [0.15, 0.2) is 18.2 Å². The van der Waals surface area contributed by atoms with Crippen LogP contribution in [-0.2, 0) is 4.79 Å². The molecule has 5 heteroatoms. The Bertz CT molecular complexity index is 509. The third-order valence-electron chi connectivity index (χ3n) is 2.17. The molecule has 0 bridgehead atoms. The van der Waals surface area contributed by atoms with Gasteiger partial charge < -0.3 is 10.0 Å². The van der Waals surface area contributed by atoms with Gasteiger partial charge in [0.25, 0.3) is 0 Å². The van der Waals surface area contributed by atoms with Gasteiger partial charge in [0.15, 0.2) is 0 Å². The topological polar surface area (TPSA) is 40.5 Å². The molecule has 1 rings (SSSR count). The first-order valence-electron chi connectivity index (χ1n) is 5.00. The molecule has 0 spiro atoms. The fourth-order valence-corrected chi connectivity index (χ4v) is 1.43. The lowest BCUT2D eigenvalue weighted by Crippen LogP contribution is -2.20. The summed E-state index contributed by atoms with van der Waals surface area (Å²) in [7, 11) is 1.47. The average molecular weight is 251 g/mol. The van der Waals surface area contributed by atoms with Crippen LogP contribution in [0, 0.1) is 24.0 Å². The SMILES string of the molecule is C#CCN(C)c1c(F)cc(/C=C/C(=O)O)cc1F. The van der Waals surface area contributed by atoms with Gasteiger partial charge in [-0.2, -0.15) is 0 Å². The fourth-order valence-electron chi connectivity index (χ4n) is 1.43. The molecule has 0 saturated carbocycles. The Kier molecular flexibility index (Phi) is 4.44. The highest BCUT2D eigenvalue weighted by atomic mass is 19.1. The molecule has 0 aromatic heterocycles. The van der Waals surface area contributed by atoms with Crippen LogP contribution in [0.4, 0.5) is 14.5 Å². The standard InChI is InChI=1S/C13H11F2NO2/c1-3-6-16(2)13-10(14)7-9(8-11(13)15)4-5-12(17)18/h1,4-5,7-8H,6H2,2H3,(H,17,18)/b5-4+. The minimum Gasteiger partial charge on any atom is -0.478 e. The van der Waals surface area contributed by atoms with Gasteiger partial charge in [0.05, 0.1) is 6.54 Å². The van der Waals surface area contributed by atoms with E-state index in [0.717, 1.165) is 24.3 Å². The van der Waals surface area contributed by atoms with Crippen molar-refractivity contribution < 1.29 is 18.7 Å². The maximum Gasteiger partial charge on any atom is 0.328 e. The minimum atomic E-state index is -1.19. The van der Waals surface area contributed by atoms with Crippen LogP contribution >= 0.6 is 0 Å². The first-order valence-corrected chi connectivity index (χ1v) is 5.00. The van der Waals surface area contributed by atoms with Crippen LogP contribution < -0.4 is 4.90 Å². The Balaban J connectivity index is 3.13. The highest BCUT2D eigenvalue weighted by Crippen LogP contribution is 2.24. The Hall–Kier alpha value is -2.35. The van der Waals surface area contributed by atoms with Crippen LogP contribution in [0.2, 0.25) is 0 Å². The van der Waals surface area contributed by atoms with Gasteiger partial charge in [-0.1, -0.05) is 5.92 Å². The van der Waals surface area contributed by atoms with E-state index in [-0.39, 0.29) is 17.8 Å². The predicted octanol–water partition coefficient (Wildman–Crippen LogP) is 2.13. The van der Waals surface area contributed by atoms with Gasteiger partial charge in [-0.3, -0.25) is 0 Å². The van der Waals surface area contributed by atoms with Gasteiger partial charge >= 0.3 is 5.97 Å². The Morgan fingerprint density at radius 1 is 1.50 bits per heavy atom. The fraction of sp³-hybridized carbons (Fsp3) is 0.154. The Morgan fingerprint density at radius 2 is 2.06 bits per heavy atom. The lowest BCUT2D eigenvalue weighted by molar-refractivity contribution is -0.131. The number of rotatable bonds is 4. The number of hydrogen-bond donors (Lipinski definition) is 1. The predicted molar refractivity (Wildman–Crippen MR) is 65.1 cm³/mol. The van der Waals surface area contributed by atoms with Gasteiger partial charge in [0, 0.05) is 13.1 Å². The summed E-state index contributed by atoms with van der Waals surface area (Å²) in [6, 6.07) is 2.09. The monoisotopic (exact) mass is 251 g/mol. The highest BCUT2D eigenvalue weighted by Gasteiger charge is 2.14. The molecule has 0 saturated heterocycles. The third-order valence-corrected chi connectivity index (χ3v) is 2.17. The lowest BCUT2D eigenvalue weighted by atomic mass is 10.1. The summed E-state index contributed by atoms with van der Waals surface area (Å²) in [4.78, 5) is 11.6. The molecule has 0 atom stereocenters. The Labute approximate surface area is 103 Å². The first-order chi connectivity index (χ1) is 8.45. The third kappa shape index (κ3) is 3.32. The number of anilines is 1. The van der Waals surface area contributed by atoms with Gasteiger partial charge in [0.2, 0.25) is 0 Å². The largest absolute Gasteiger partial charge is 0.478 e. The van der Waals surface area contributed by atoms with Crippen molar-refractivity contribution in [2.45, 2.75) is 0 Å². The summed E-state index contributed by atoms with van der Waals surface area (Å²) in [5, 5.41) is 8.42. The van der Waals surface area contributed by atoms with Crippen molar-refractivity contribution in [3.63, 3.8) is 0 Å². The number of nitrogens with zero attached hydrogens (tertiary/aromatic N) is 1. The van der Waals surface area contributed by atoms with Crippen LogP contribution in [0.1, 0.15) is 5.56 Å². The van der Waals surface area contributed by atoms with Crippen molar-refractivity contribution >= 4 is 17.7 Å². The molecule has 0 unspecified atom stereocenters. The normalized spacial score (nSPS) is 10.3. The lowest BCUT2D eigenvalue weighted by Gasteiger charge is -2.18. The number of halogens is 2. The first kappa shape index (κ1) is 13.7. The molecule has 1 aromatic carbocycles. The number of carboxylic acid groups (broad SMARTS) is 1. The van der Waals surface area contributed by atoms with Crippen molar-refractivity contribution in [2.75, 3.05) is 18.5 Å². The zero-order valence-electron chi connectivity index (χ0n) is 9.65. The number of terminal acetylenes is 1. The van der Waals surface area contributed by atoms with E-state index < -0.39 is 17.6 Å². The molecule has 0 aliphatic carbocycles. The van der Waals surface area contributed by atoms with E-state index in [4.69, 9.17) is 11.5 Å². The molecule has 1 aromatic rings. The van der Waals surface area contributed by atoms with E-state index in [1.54, 1.807) is 0 Å². The second-order valence-electron chi connectivity index (χ2n) is 3.56. The van der Waals surface area contributed by atoms with Crippen molar-refractivity contribution in [3.05, 3.63) is 35.4 Å². The molecule has 0 aliphatic rings. The Morgan fingerprint density at radius 3 is 2.50 bits per heavy atom. The number of hydrogen-bond acceptors (Lipinski definition) is 2. The number of benzene rings is 1. The van der Waals surface area contributed by atoms with Crippen molar-refractivity contribution in [3.8, 4) is 12.3 Å². The molecule has 3 nitrogen and oxygen atoms in total. The maximum atomic E-state index is 13.7. The smallest absolute Gasteiger partial charge is 0.328 e. The number of carboxylic acids is 1. The molecular weight excluding hydrogens is 240 g/mol. The molecular formula is C13H11F2NO2. The van der Waals surface area contributed by atoms with Gasteiger partial charge in [-0.05, 0) is 23.8 Å². The van der Waals surface area contributed by atoms with Gasteiger partial charge in [0.1, 0.15) is 17.3 Å². The van der Waals surface area contributed by atoms with Crippen LogP contribution in [0.3, 0.4) is 0 Å². The van der Waals surface area contributed by atoms with E-state index >= 15 is 0 Å². The van der Waals surface area contributed by atoms with Gasteiger partial charge in [-0.15, -0.1) is 6.42 Å². The molecule has 1 N–H and O–H groups in total. The summed E-state index contributed by atoms with van der Waals surface area (Å²) in [5.74, 6) is -0.502. The summed E-state index contributed by atoms with van der Waals surface area (Å²) in [6.45, 7) is 0.0676. The second-order valence-corrected chi connectivity index (χ2v) is 3.56. The van der Waals surface area contributed by atoms with E-state index in [1.807, 2.05) is 0 Å². The molecule has 0 fully saturated rings. The van der Waals surface area contributed by atoms with Crippen LogP contribution in [-0.4, -0.2) is 24.7 Å². The van der Waals surface area contributed by atoms with E-state index in [2.05, 4.69) is 5.92 Å². The summed E-state index contributed by atoms with van der Waals surface area (Å²) in [5.41, 5.74) is -0.106. The molecule has 0 radical (unpaired) electrons. The molecule has 94 valence electrons. The summed E-state index contributed by atoms with van der Waals surface area (Å²) >= 11 is 0. The second kappa shape index (κ2) is 5.82. The molecule has 0 aliphatic heterocycles. The van der Waals surface area contributed by atoms with E-state index in [0.29, 0.717) is 0 Å². The average Bonchev–Trinajstić information content (AvgIpc) is 2.25. The molecule has 18 heavy (non-hydrogen) atoms.